The molecule has 2 aromatic heterocycles. The lowest BCUT2D eigenvalue weighted by Gasteiger charge is -2.34. The number of benzene rings is 2. The minimum absolute atomic E-state index is 0.00328. The number of fused-ring (bicyclic) bond motifs is 2. The molecule has 8 nitrogen and oxygen atoms in total. The number of carbonyl (C=O) groups is 2. The summed E-state index contributed by atoms with van der Waals surface area (Å²) < 4.78 is 4.69. The first-order valence-electron chi connectivity index (χ1n) is 10.2. The molecular formula is C22H20N4O4S2. The summed E-state index contributed by atoms with van der Waals surface area (Å²) in [6.45, 7) is 1.64. The van der Waals surface area contributed by atoms with Gasteiger partial charge in [-0.1, -0.05) is 47.3 Å². The van der Waals surface area contributed by atoms with Crippen LogP contribution in [0.1, 0.15) is 0 Å². The Morgan fingerprint density at radius 3 is 1.41 bits per heavy atom. The van der Waals surface area contributed by atoms with Gasteiger partial charge in [-0.2, -0.15) is 0 Å². The molecule has 2 amide bonds. The van der Waals surface area contributed by atoms with E-state index in [4.69, 9.17) is 0 Å². The predicted octanol–water partition coefficient (Wildman–Crippen LogP) is 1.81. The van der Waals surface area contributed by atoms with Gasteiger partial charge in [-0.3, -0.25) is 27.1 Å². The molecule has 0 unspecified atom stereocenters. The van der Waals surface area contributed by atoms with E-state index in [2.05, 4.69) is 0 Å². The number of piperazine rings is 1. The second-order valence-corrected chi connectivity index (χ2v) is 9.75. The molecule has 0 bridgehead atoms. The summed E-state index contributed by atoms with van der Waals surface area (Å²) in [4.78, 5) is 53.8. The quantitative estimate of drug-likeness (QED) is 0.457. The van der Waals surface area contributed by atoms with E-state index in [-0.39, 0.29) is 36.0 Å². The molecule has 5 rings (SSSR count). The summed E-state index contributed by atoms with van der Waals surface area (Å²) in [5, 5.41) is 1.24. The average Bonchev–Trinajstić information content (AvgIpc) is 3.30. The maximum absolute atomic E-state index is 12.7. The second-order valence-electron chi connectivity index (χ2n) is 7.62. The van der Waals surface area contributed by atoms with E-state index in [1.54, 1.807) is 21.9 Å². The van der Waals surface area contributed by atoms with E-state index in [0.29, 0.717) is 37.0 Å². The zero-order valence-corrected chi connectivity index (χ0v) is 18.7. The number of hydrogen-bond donors (Lipinski definition) is 0. The Hall–Kier alpha value is -3.24. The number of carbonyl (C=O) groups excluding carboxylic acids is 2. The number of rotatable bonds is 4. The summed E-state index contributed by atoms with van der Waals surface area (Å²) in [5.74, 6) is -0.266. The van der Waals surface area contributed by atoms with Crippen LogP contribution in [0.3, 0.4) is 0 Å². The van der Waals surface area contributed by atoms with Gasteiger partial charge >= 0.3 is 0 Å². The van der Waals surface area contributed by atoms with E-state index >= 15 is 0 Å². The van der Waals surface area contributed by atoms with Crippen LogP contribution in [0.5, 0.6) is 0 Å². The van der Waals surface area contributed by atoms with Crippen molar-refractivity contribution < 1.29 is 9.59 Å². The molecule has 0 spiro atoms. The first kappa shape index (κ1) is 20.7. The molecule has 10 heteroatoms. The van der Waals surface area contributed by atoms with E-state index < -0.39 is 0 Å². The molecule has 3 heterocycles. The molecule has 1 aliphatic heterocycles. The van der Waals surface area contributed by atoms with E-state index in [1.165, 1.54) is 31.0 Å². The highest BCUT2D eigenvalue weighted by molar-refractivity contribution is 7.14. The highest BCUT2D eigenvalue weighted by atomic mass is 32.1. The van der Waals surface area contributed by atoms with E-state index in [0.717, 1.165) is 9.40 Å². The Morgan fingerprint density at radius 1 is 0.656 bits per heavy atom. The molecule has 32 heavy (non-hydrogen) atoms. The van der Waals surface area contributed by atoms with Crippen molar-refractivity contribution in [1.82, 2.24) is 17.7 Å². The van der Waals surface area contributed by atoms with Crippen LogP contribution in [0, 0.1) is 0 Å². The van der Waals surface area contributed by atoms with Crippen molar-refractivity contribution in [3.05, 3.63) is 69.2 Å². The van der Waals surface area contributed by atoms with Crippen molar-refractivity contribution in [2.75, 3.05) is 26.2 Å². The van der Waals surface area contributed by atoms with E-state index in [9.17, 15) is 19.2 Å². The maximum Gasteiger partial charge on any atom is 0.268 e. The van der Waals surface area contributed by atoms with Crippen LogP contribution in [0.2, 0.25) is 0 Å². The number of hydrogen-bond acceptors (Lipinski definition) is 6. The lowest BCUT2D eigenvalue weighted by Crippen LogP contribution is -2.52. The van der Waals surface area contributed by atoms with Crippen molar-refractivity contribution in [2.45, 2.75) is 13.1 Å². The molecule has 0 saturated carbocycles. The molecular weight excluding hydrogens is 448 g/mol. The van der Waals surface area contributed by atoms with Crippen LogP contribution in [0.25, 0.3) is 20.2 Å². The normalized spacial score (nSPS) is 14.4. The van der Waals surface area contributed by atoms with Gasteiger partial charge in [0.05, 0.1) is 20.2 Å². The van der Waals surface area contributed by atoms with Crippen LogP contribution in [0.15, 0.2) is 58.1 Å². The van der Waals surface area contributed by atoms with E-state index in [1.807, 2.05) is 36.4 Å². The number of nitrogens with zero attached hydrogens (tertiary/aromatic N) is 4. The molecule has 1 aliphatic rings. The van der Waals surface area contributed by atoms with Crippen LogP contribution in [-0.2, 0) is 22.7 Å². The first-order chi connectivity index (χ1) is 15.5. The van der Waals surface area contributed by atoms with Gasteiger partial charge in [-0.05, 0) is 24.3 Å². The third-order valence-electron chi connectivity index (χ3n) is 5.65. The zero-order valence-electron chi connectivity index (χ0n) is 17.1. The molecule has 2 aromatic carbocycles. The van der Waals surface area contributed by atoms with Crippen molar-refractivity contribution in [2.24, 2.45) is 0 Å². The summed E-state index contributed by atoms with van der Waals surface area (Å²) in [7, 11) is 0. The van der Waals surface area contributed by atoms with Crippen molar-refractivity contribution in [1.29, 1.82) is 0 Å². The highest BCUT2D eigenvalue weighted by Crippen LogP contribution is 2.17. The third-order valence-corrected chi connectivity index (χ3v) is 7.78. The fourth-order valence-electron chi connectivity index (χ4n) is 3.89. The Kier molecular flexibility index (Phi) is 5.40. The van der Waals surface area contributed by atoms with Gasteiger partial charge in [0, 0.05) is 26.2 Å². The zero-order chi connectivity index (χ0) is 22.2. The molecule has 1 saturated heterocycles. The minimum atomic E-state index is -0.151. The van der Waals surface area contributed by atoms with Gasteiger partial charge in [-0.25, -0.2) is 0 Å². The predicted molar refractivity (Wildman–Crippen MR) is 125 cm³/mol. The van der Waals surface area contributed by atoms with Crippen molar-refractivity contribution >= 4 is 55.1 Å². The lowest BCUT2D eigenvalue weighted by atomic mass is 10.3. The molecule has 0 atom stereocenters. The maximum atomic E-state index is 12.7. The molecule has 0 N–H and O–H groups in total. The van der Waals surface area contributed by atoms with Gasteiger partial charge in [-0.15, -0.1) is 0 Å². The Morgan fingerprint density at radius 2 is 1.03 bits per heavy atom. The van der Waals surface area contributed by atoms with Crippen molar-refractivity contribution in [3.8, 4) is 0 Å². The number of amides is 2. The van der Waals surface area contributed by atoms with Gasteiger partial charge < -0.3 is 9.80 Å². The summed E-state index contributed by atoms with van der Waals surface area (Å²) >= 11 is 2.57. The summed E-state index contributed by atoms with van der Waals surface area (Å²) in [5.41, 5.74) is -0.303. The van der Waals surface area contributed by atoms with Gasteiger partial charge in [0.25, 0.3) is 11.1 Å². The summed E-state index contributed by atoms with van der Waals surface area (Å²) in [6.07, 6.45) is 0. The van der Waals surface area contributed by atoms with Crippen LogP contribution >= 0.6 is 23.1 Å². The first-order valence-corrected chi connectivity index (χ1v) is 11.8. The third kappa shape index (κ3) is 3.76. The van der Waals surface area contributed by atoms with Crippen LogP contribution in [-0.4, -0.2) is 55.7 Å². The second kappa shape index (κ2) is 8.36. The van der Waals surface area contributed by atoms with Gasteiger partial charge in [0.1, 0.15) is 13.1 Å². The fourth-order valence-corrected chi connectivity index (χ4v) is 5.87. The van der Waals surface area contributed by atoms with Gasteiger partial charge in [0.2, 0.25) is 11.8 Å². The molecule has 164 valence electrons. The monoisotopic (exact) mass is 468 g/mol. The smallest absolute Gasteiger partial charge is 0.268 e. The Labute approximate surface area is 190 Å². The number of aromatic nitrogens is 2. The topological polar surface area (TPSA) is 84.6 Å². The molecule has 4 aromatic rings. The van der Waals surface area contributed by atoms with Crippen LogP contribution in [0.4, 0.5) is 0 Å². The highest BCUT2D eigenvalue weighted by Gasteiger charge is 2.25. The standard InChI is InChI=1S/C22H20N4O4S2/c27-19(13-25-21(29)15-5-1-3-7-17(15)31-25)23-9-11-24(12-10-23)20(28)14-26-22(30)16-6-2-4-8-18(16)32-26/h1-8H,9-14H2. The Balaban J connectivity index is 1.20. The van der Waals surface area contributed by atoms with Crippen LogP contribution < -0.4 is 11.1 Å². The molecule has 0 aliphatic carbocycles. The lowest BCUT2D eigenvalue weighted by molar-refractivity contribution is -0.140. The summed E-state index contributed by atoms with van der Waals surface area (Å²) in [6, 6.07) is 14.6. The largest absolute Gasteiger partial charge is 0.338 e. The molecule has 0 radical (unpaired) electrons. The minimum Gasteiger partial charge on any atom is -0.338 e. The molecule has 1 fully saturated rings. The SMILES string of the molecule is O=C(Cn1sc2ccccc2c1=O)N1CCN(C(=O)Cn2sc3ccccc3c2=O)CC1. The average molecular weight is 469 g/mol. The Bertz CT molecular complexity index is 1330. The van der Waals surface area contributed by atoms with Gasteiger partial charge in [0.15, 0.2) is 0 Å². The van der Waals surface area contributed by atoms with Crippen molar-refractivity contribution in [3.63, 3.8) is 0 Å². The fraction of sp³-hybridized carbons (Fsp3) is 0.273.